The van der Waals surface area contributed by atoms with Crippen molar-refractivity contribution in [1.29, 1.82) is 0 Å². The van der Waals surface area contributed by atoms with Crippen LogP contribution in [-0.2, 0) is 23.1 Å². The van der Waals surface area contributed by atoms with Crippen molar-refractivity contribution >= 4 is 21.6 Å². The van der Waals surface area contributed by atoms with Crippen LogP contribution in [-0.4, -0.2) is 8.42 Å². The summed E-state index contributed by atoms with van der Waals surface area (Å²) in [6.45, 7) is 0.510. The summed E-state index contributed by atoms with van der Waals surface area (Å²) in [6.07, 6.45) is 0. The Bertz CT molecular complexity index is 688. The fraction of sp³-hybridized carbons (Fsp3) is 0.143. The molecule has 0 saturated heterocycles. The fourth-order valence-corrected chi connectivity index (χ4v) is 3.08. The number of halogens is 1. The lowest BCUT2D eigenvalue weighted by molar-refractivity contribution is 0.581. The maximum Gasteiger partial charge on any atom is 0.240 e. The van der Waals surface area contributed by atoms with Crippen molar-refractivity contribution in [1.82, 2.24) is 4.72 Å². The van der Waals surface area contributed by atoms with Gasteiger partial charge in [-0.2, -0.15) is 0 Å². The Hall–Kier alpha value is -1.40. The van der Waals surface area contributed by atoms with Gasteiger partial charge in [-0.25, -0.2) is 13.1 Å². The molecule has 0 aromatic heterocycles. The molecule has 0 saturated carbocycles. The van der Waals surface area contributed by atoms with Crippen molar-refractivity contribution < 1.29 is 8.42 Å². The smallest absolute Gasteiger partial charge is 0.240 e. The van der Waals surface area contributed by atoms with E-state index in [-0.39, 0.29) is 18.0 Å². The van der Waals surface area contributed by atoms with Crippen LogP contribution in [0.5, 0.6) is 0 Å². The molecule has 6 heteroatoms. The molecule has 0 unspecified atom stereocenters. The molecule has 0 aliphatic rings. The van der Waals surface area contributed by atoms with Crippen molar-refractivity contribution in [3.63, 3.8) is 0 Å². The average Bonchev–Trinajstić information content (AvgIpc) is 2.46. The summed E-state index contributed by atoms with van der Waals surface area (Å²) in [5.74, 6) is 0. The SMILES string of the molecule is NCc1ccc(S(=O)(=O)NCc2ccccc2)cc1Cl. The molecule has 0 aliphatic heterocycles. The van der Waals surface area contributed by atoms with E-state index in [9.17, 15) is 8.42 Å². The third kappa shape index (κ3) is 3.58. The van der Waals surface area contributed by atoms with E-state index in [4.69, 9.17) is 17.3 Å². The van der Waals surface area contributed by atoms with Gasteiger partial charge in [-0.3, -0.25) is 0 Å². The van der Waals surface area contributed by atoms with Gasteiger partial charge >= 0.3 is 0 Å². The summed E-state index contributed by atoms with van der Waals surface area (Å²) < 4.78 is 26.9. The molecule has 2 aromatic carbocycles. The number of nitrogens with two attached hydrogens (primary N) is 1. The molecule has 0 heterocycles. The van der Waals surface area contributed by atoms with Crippen LogP contribution in [0, 0.1) is 0 Å². The topological polar surface area (TPSA) is 72.2 Å². The Morgan fingerprint density at radius 2 is 1.80 bits per heavy atom. The van der Waals surface area contributed by atoms with E-state index in [1.807, 2.05) is 30.3 Å². The lowest BCUT2D eigenvalue weighted by Gasteiger charge is -2.08. The van der Waals surface area contributed by atoms with E-state index in [1.165, 1.54) is 12.1 Å². The van der Waals surface area contributed by atoms with E-state index in [0.29, 0.717) is 10.6 Å². The van der Waals surface area contributed by atoms with Gasteiger partial charge < -0.3 is 5.73 Å². The minimum atomic E-state index is -3.58. The summed E-state index contributed by atoms with van der Waals surface area (Å²) in [7, 11) is -3.58. The van der Waals surface area contributed by atoms with Crippen LogP contribution in [0.3, 0.4) is 0 Å². The second-order valence-electron chi connectivity index (χ2n) is 4.27. The van der Waals surface area contributed by atoms with Crippen LogP contribution in [0.1, 0.15) is 11.1 Å². The summed E-state index contributed by atoms with van der Waals surface area (Å²) in [5, 5.41) is 0.357. The Kier molecular flexibility index (Phi) is 4.77. The van der Waals surface area contributed by atoms with Gasteiger partial charge in [0.25, 0.3) is 0 Å². The Morgan fingerprint density at radius 3 is 2.40 bits per heavy atom. The van der Waals surface area contributed by atoms with Crippen molar-refractivity contribution in [2.45, 2.75) is 18.0 Å². The first kappa shape index (κ1) is 15.0. The predicted octanol–water partition coefficient (Wildman–Crippen LogP) is 2.28. The molecule has 0 radical (unpaired) electrons. The molecular weight excluding hydrogens is 296 g/mol. The maximum absolute atomic E-state index is 12.2. The molecular formula is C14H15ClN2O2S. The van der Waals surface area contributed by atoms with Crippen LogP contribution in [0.2, 0.25) is 5.02 Å². The molecule has 20 heavy (non-hydrogen) atoms. The quantitative estimate of drug-likeness (QED) is 0.890. The van der Waals surface area contributed by atoms with Gasteiger partial charge in [0.2, 0.25) is 10.0 Å². The van der Waals surface area contributed by atoms with E-state index in [0.717, 1.165) is 5.56 Å². The molecule has 106 valence electrons. The average molecular weight is 311 g/mol. The molecule has 0 spiro atoms. The van der Waals surface area contributed by atoms with Gasteiger partial charge in [-0.15, -0.1) is 0 Å². The second kappa shape index (κ2) is 6.37. The molecule has 3 N–H and O–H groups in total. The molecule has 0 fully saturated rings. The minimum Gasteiger partial charge on any atom is -0.326 e. The van der Waals surface area contributed by atoms with E-state index in [2.05, 4.69) is 4.72 Å². The molecule has 2 aromatic rings. The number of sulfonamides is 1. The van der Waals surface area contributed by atoms with Crippen molar-refractivity contribution in [2.75, 3.05) is 0 Å². The highest BCUT2D eigenvalue weighted by Gasteiger charge is 2.15. The van der Waals surface area contributed by atoms with E-state index in [1.54, 1.807) is 6.07 Å². The highest BCUT2D eigenvalue weighted by Crippen LogP contribution is 2.20. The van der Waals surface area contributed by atoms with E-state index >= 15 is 0 Å². The van der Waals surface area contributed by atoms with Gasteiger partial charge in [0.15, 0.2) is 0 Å². The zero-order valence-corrected chi connectivity index (χ0v) is 12.3. The summed E-state index contributed by atoms with van der Waals surface area (Å²) in [6, 6.07) is 13.8. The molecule has 0 amide bonds. The molecule has 0 aliphatic carbocycles. The third-order valence-corrected chi connectivity index (χ3v) is 4.61. The summed E-state index contributed by atoms with van der Waals surface area (Å²) in [5.41, 5.74) is 7.10. The standard InChI is InChI=1S/C14H15ClN2O2S/c15-14-8-13(7-6-12(14)9-16)20(18,19)17-10-11-4-2-1-3-5-11/h1-8,17H,9-10,16H2. The zero-order valence-electron chi connectivity index (χ0n) is 10.7. The monoisotopic (exact) mass is 310 g/mol. The first-order chi connectivity index (χ1) is 9.53. The van der Waals surface area contributed by atoms with Gasteiger partial charge in [-0.1, -0.05) is 48.0 Å². The third-order valence-electron chi connectivity index (χ3n) is 2.86. The Balaban J connectivity index is 2.16. The van der Waals surface area contributed by atoms with Crippen LogP contribution in [0.25, 0.3) is 0 Å². The van der Waals surface area contributed by atoms with Gasteiger partial charge in [-0.05, 0) is 23.3 Å². The molecule has 4 nitrogen and oxygen atoms in total. The number of benzene rings is 2. The number of hydrogen-bond donors (Lipinski definition) is 2. The van der Waals surface area contributed by atoms with Crippen LogP contribution in [0.4, 0.5) is 0 Å². The first-order valence-electron chi connectivity index (χ1n) is 6.05. The van der Waals surface area contributed by atoms with Crippen molar-refractivity contribution in [3.8, 4) is 0 Å². The normalized spacial score (nSPS) is 11.5. The predicted molar refractivity (Wildman–Crippen MR) is 79.8 cm³/mol. The van der Waals surface area contributed by atoms with Crippen LogP contribution < -0.4 is 10.5 Å². The lowest BCUT2D eigenvalue weighted by Crippen LogP contribution is -2.23. The number of nitrogens with one attached hydrogen (secondary N) is 1. The number of rotatable bonds is 5. The molecule has 0 bridgehead atoms. The summed E-state index contributed by atoms with van der Waals surface area (Å²) >= 11 is 5.98. The minimum absolute atomic E-state index is 0.135. The van der Waals surface area contributed by atoms with E-state index < -0.39 is 10.0 Å². The highest BCUT2D eigenvalue weighted by atomic mass is 35.5. The maximum atomic E-state index is 12.2. The Labute approximate surface area is 123 Å². The number of hydrogen-bond acceptors (Lipinski definition) is 3. The molecule has 0 atom stereocenters. The van der Waals surface area contributed by atoms with Crippen molar-refractivity contribution in [3.05, 3.63) is 64.7 Å². The van der Waals surface area contributed by atoms with Gasteiger partial charge in [0, 0.05) is 18.1 Å². The Morgan fingerprint density at radius 1 is 1.10 bits per heavy atom. The van der Waals surface area contributed by atoms with Gasteiger partial charge in [0.1, 0.15) is 0 Å². The molecule has 2 rings (SSSR count). The van der Waals surface area contributed by atoms with Crippen LogP contribution in [0.15, 0.2) is 53.4 Å². The fourth-order valence-electron chi connectivity index (χ4n) is 1.72. The largest absolute Gasteiger partial charge is 0.326 e. The highest BCUT2D eigenvalue weighted by molar-refractivity contribution is 7.89. The van der Waals surface area contributed by atoms with Crippen molar-refractivity contribution in [2.24, 2.45) is 5.73 Å². The zero-order chi connectivity index (χ0) is 14.6. The first-order valence-corrected chi connectivity index (χ1v) is 7.91. The van der Waals surface area contributed by atoms with Gasteiger partial charge in [0.05, 0.1) is 4.90 Å². The van der Waals surface area contributed by atoms with Crippen LogP contribution >= 0.6 is 11.6 Å². The summed E-state index contributed by atoms with van der Waals surface area (Å²) in [4.78, 5) is 0.135. The second-order valence-corrected chi connectivity index (χ2v) is 6.44. The lowest BCUT2D eigenvalue weighted by atomic mass is 10.2.